The number of hydrogen-bond donors (Lipinski definition) is 2. The van der Waals surface area contributed by atoms with Crippen LogP contribution in [0.2, 0.25) is 0 Å². The van der Waals surface area contributed by atoms with Crippen molar-refractivity contribution in [3.8, 4) is 0 Å². The van der Waals surface area contributed by atoms with Gasteiger partial charge >= 0.3 is 5.97 Å². The van der Waals surface area contributed by atoms with Crippen LogP contribution in [0.3, 0.4) is 0 Å². The van der Waals surface area contributed by atoms with Gasteiger partial charge in [-0.2, -0.15) is 4.31 Å². The normalized spacial score (nSPS) is 21.3. The van der Waals surface area contributed by atoms with Crippen LogP contribution in [0.25, 0.3) is 0 Å². The number of sulfonamides is 1. The fourth-order valence-corrected chi connectivity index (χ4v) is 4.68. The van der Waals surface area contributed by atoms with Crippen LogP contribution < -0.4 is 5.32 Å². The summed E-state index contributed by atoms with van der Waals surface area (Å²) in [7, 11) is -4.00. The van der Waals surface area contributed by atoms with Crippen molar-refractivity contribution in [2.75, 3.05) is 13.1 Å². The molecule has 156 valence electrons. The molecular weight excluding hydrogens is 384 g/mol. The molecule has 1 saturated heterocycles. The Morgan fingerprint density at radius 3 is 2.61 bits per heavy atom. The zero-order chi connectivity index (χ0) is 21.1. The fourth-order valence-electron chi connectivity index (χ4n) is 2.97. The maximum absolute atomic E-state index is 13.0. The lowest BCUT2D eigenvalue weighted by atomic mass is 10.1. The number of nitrogens with zero attached hydrogens (tertiary/aromatic N) is 1. The molecule has 1 fully saturated rings. The lowest BCUT2D eigenvalue weighted by molar-refractivity contribution is -0.157. The molecule has 0 spiro atoms. The Labute approximate surface area is 165 Å². The molecule has 1 aliphatic rings. The largest absolute Gasteiger partial charge is 0.451 e. The van der Waals surface area contributed by atoms with Crippen molar-refractivity contribution in [2.45, 2.75) is 63.7 Å². The number of hydrogen-bond acceptors (Lipinski definition) is 6. The van der Waals surface area contributed by atoms with E-state index in [9.17, 15) is 23.1 Å². The summed E-state index contributed by atoms with van der Waals surface area (Å²) in [5.41, 5.74) is 1.75. The second-order valence-electron chi connectivity index (χ2n) is 7.10. The van der Waals surface area contributed by atoms with Gasteiger partial charge in [0, 0.05) is 19.5 Å². The van der Waals surface area contributed by atoms with Crippen molar-refractivity contribution in [1.82, 2.24) is 9.62 Å². The summed E-state index contributed by atoms with van der Waals surface area (Å²) in [4.78, 5) is 24.5. The van der Waals surface area contributed by atoms with Crippen LogP contribution in [-0.2, 0) is 24.3 Å². The van der Waals surface area contributed by atoms with Gasteiger partial charge in [-0.3, -0.25) is 9.59 Å². The van der Waals surface area contributed by atoms with Gasteiger partial charge in [0.1, 0.15) is 6.04 Å². The molecule has 28 heavy (non-hydrogen) atoms. The second-order valence-corrected chi connectivity index (χ2v) is 8.99. The number of benzene rings is 1. The number of aliphatic hydroxyl groups is 1. The van der Waals surface area contributed by atoms with Gasteiger partial charge in [-0.25, -0.2) is 8.42 Å². The molecule has 2 rings (SSSR count). The minimum absolute atomic E-state index is 0.0521. The van der Waals surface area contributed by atoms with Crippen molar-refractivity contribution in [2.24, 2.45) is 0 Å². The van der Waals surface area contributed by atoms with E-state index in [1.165, 1.54) is 13.0 Å². The summed E-state index contributed by atoms with van der Waals surface area (Å²) in [6.07, 6.45) is -1.37. The zero-order valence-electron chi connectivity index (χ0n) is 16.6. The van der Waals surface area contributed by atoms with Gasteiger partial charge in [0.25, 0.3) is 5.91 Å². The van der Waals surface area contributed by atoms with Crippen LogP contribution in [0, 0.1) is 13.8 Å². The first-order valence-corrected chi connectivity index (χ1v) is 10.8. The Kier molecular flexibility index (Phi) is 7.19. The van der Waals surface area contributed by atoms with E-state index in [1.54, 1.807) is 19.1 Å². The van der Waals surface area contributed by atoms with Gasteiger partial charge in [0.15, 0.2) is 6.10 Å². The monoisotopic (exact) mass is 412 g/mol. The van der Waals surface area contributed by atoms with Crippen LogP contribution >= 0.6 is 0 Å². The molecule has 0 saturated carbocycles. The average Bonchev–Trinajstić information content (AvgIpc) is 3.04. The first-order chi connectivity index (χ1) is 13.1. The minimum atomic E-state index is -4.00. The standard InChI is InChI=1S/C19H28N2O6S/c1-5-8-20-18(23)14(4)27-19(24)17-10-15(22)11-21(17)28(25,26)16-7-6-12(2)13(3)9-16/h6-7,9,14-15,17,22H,5,8,10-11H2,1-4H3,(H,20,23)/t14?,15?,17-/m0/s1. The first-order valence-electron chi connectivity index (χ1n) is 9.33. The van der Waals surface area contributed by atoms with Gasteiger partial charge in [-0.05, 0) is 50.5 Å². The summed E-state index contributed by atoms with van der Waals surface area (Å²) in [6, 6.07) is 3.54. The van der Waals surface area contributed by atoms with Crippen molar-refractivity contribution in [3.05, 3.63) is 29.3 Å². The van der Waals surface area contributed by atoms with Crippen LogP contribution in [0.5, 0.6) is 0 Å². The number of amides is 1. The molecule has 1 aromatic carbocycles. The molecule has 9 heteroatoms. The maximum Gasteiger partial charge on any atom is 0.325 e. The molecule has 3 atom stereocenters. The highest BCUT2D eigenvalue weighted by molar-refractivity contribution is 7.89. The number of nitrogens with one attached hydrogen (secondary N) is 1. The highest BCUT2D eigenvalue weighted by Gasteiger charge is 2.45. The molecule has 2 N–H and O–H groups in total. The van der Waals surface area contributed by atoms with Crippen molar-refractivity contribution in [1.29, 1.82) is 0 Å². The van der Waals surface area contributed by atoms with Gasteiger partial charge in [-0.1, -0.05) is 13.0 Å². The number of carbonyl (C=O) groups excluding carboxylic acids is 2. The third-order valence-electron chi connectivity index (χ3n) is 4.80. The van der Waals surface area contributed by atoms with E-state index in [0.717, 1.165) is 21.9 Å². The van der Waals surface area contributed by atoms with Gasteiger partial charge in [0.2, 0.25) is 10.0 Å². The average molecular weight is 413 g/mol. The fraction of sp³-hybridized carbons (Fsp3) is 0.579. The van der Waals surface area contributed by atoms with E-state index in [0.29, 0.717) is 6.54 Å². The van der Waals surface area contributed by atoms with Crippen LogP contribution in [0.4, 0.5) is 0 Å². The Hall–Kier alpha value is -1.97. The Morgan fingerprint density at radius 2 is 2.00 bits per heavy atom. The number of β-amino-alcohol motifs (C(OH)–C–C–N with tert-alkyl or cyclic N) is 1. The Bertz CT molecular complexity index is 839. The highest BCUT2D eigenvalue weighted by atomic mass is 32.2. The molecule has 1 heterocycles. The molecule has 0 aromatic heterocycles. The SMILES string of the molecule is CCCNC(=O)C(C)OC(=O)[C@@H]1CC(O)CN1S(=O)(=O)c1ccc(C)c(C)c1. The minimum Gasteiger partial charge on any atom is -0.451 e. The molecule has 0 aliphatic carbocycles. The van der Waals surface area contributed by atoms with E-state index < -0.39 is 40.1 Å². The zero-order valence-corrected chi connectivity index (χ0v) is 17.5. The molecule has 1 aromatic rings. The lowest BCUT2D eigenvalue weighted by Gasteiger charge is -2.24. The number of rotatable bonds is 7. The maximum atomic E-state index is 13.0. The topological polar surface area (TPSA) is 113 Å². The molecule has 0 radical (unpaired) electrons. The first kappa shape index (κ1) is 22.3. The van der Waals surface area contributed by atoms with Crippen molar-refractivity contribution >= 4 is 21.9 Å². The van der Waals surface area contributed by atoms with Crippen molar-refractivity contribution < 1.29 is 27.9 Å². The predicted octanol–water partition coefficient (Wildman–Crippen LogP) is 0.885. The number of ether oxygens (including phenoxy) is 1. The van der Waals surface area contributed by atoms with Crippen molar-refractivity contribution in [3.63, 3.8) is 0 Å². The van der Waals surface area contributed by atoms with E-state index >= 15 is 0 Å². The summed E-state index contributed by atoms with van der Waals surface area (Å²) >= 11 is 0. The van der Waals surface area contributed by atoms with E-state index in [2.05, 4.69) is 5.32 Å². The number of esters is 1. The molecular formula is C19H28N2O6S. The second kappa shape index (κ2) is 9.02. The van der Waals surface area contributed by atoms with Crippen LogP contribution in [0.15, 0.2) is 23.1 Å². The molecule has 1 amide bonds. The molecule has 8 nitrogen and oxygen atoms in total. The summed E-state index contributed by atoms with van der Waals surface area (Å²) < 4.78 is 32.2. The summed E-state index contributed by atoms with van der Waals surface area (Å²) in [6.45, 7) is 7.25. The lowest BCUT2D eigenvalue weighted by Crippen LogP contribution is -2.44. The van der Waals surface area contributed by atoms with Crippen LogP contribution in [0.1, 0.15) is 37.8 Å². The van der Waals surface area contributed by atoms with Crippen LogP contribution in [-0.4, -0.2) is 61.0 Å². The summed E-state index contributed by atoms with van der Waals surface area (Å²) in [5, 5.41) is 12.6. The smallest absolute Gasteiger partial charge is 0.325 e. The number of aliphatic hydroxyl groups excluding tert-OH is 1. The Morgan fingerprint density at radius 1 is 1.32 bits per heavy atom. The molecule has 1 aliphatic heterocycles. The van der Waals surface area contributed by atoms with Gasteiger partial charge in [0.05, 0.1) is 11.0 Å². The third kappa shape index (κ3) is 4.89. The predicted molar refractivity (Wildman–Crippen MR) is 103 cm³/mol. The summed E-state index contributed by atoms with van der Waals surface area (Å²) in [5.74, 6) is -1.29. The van der Waals surface area contributed by atoms with Gasteiger partial charge in [-0.15, -0.1) is 0 Å². The highest BCUT2D eigenvalue weighted by Crippen LogP contribution is 2.28. The quantitative estimate of drug-likeness (QED) is 0.643. The Balaban J connectivity index is 2.20. The van der Waals surface area contributed by atoms with Gasteiger partial charge < -0.3 is 15.2 Å². The number of aryl methyl sites for hydroxylation is 2. The third-order valence-corrected chi connectivity index (χ3v) is 6.67. The molecule has 2 unspecified atom stereocenters. The number of carbonyl (C=O) groups is 2. The molecule has 0 bridgehead atoms. The van der Waals surface area contributed by atoms with E-state index in [-0.39, 0.29) is 17.9 Å². The van der Waals surface area contributed by atoms with E-state index in [1.807, 2.05) is 13.8 Å². The van der Waals surface area contributed by atoms with E-state index in [4.69, 9.17) is 4.74 Å².